The van der Waals surface area contributed by atoms with Gasteiger partial charge in [0.1, 0.15) is 11.5 Å². The Morgan fingerprint density at radius 1 is 0.735 bits per heavy atom. The summed E-state index contributed by atoms with van der Waals surface area (Å²) in [6.07, 6.45) is -0.207. The van der Waals surface area contributed by atoms with E-state index >= 15 is 0 Å². The molecule has 3 aromatic rings. The second-order valence-corrected chi connectivity index (χ2v) is 8.15. The van der Waals surface area contributed by atoms with Gasteiger partial charge in [-0.3, -0.25) is 14.4 Å². The SMILES string of the molecule is Cc1cc(C)cc(NC(=O)COC(=O)CCC(=O)Nc2ccc(Oc3ccc(Cl)cc3)cc2)c1. The van der Waals surface area contributed by atoms with E-state index in [-0.39, 0.29) is 18.7 Å². The molecule has 0 aromatic heterocycles. The van der Waals surface area contributed by atoms with Crippen LogP contribution in [0.5, 0.6) is 11.5 Å². The third-order valence-corrected chi connectivity index (χ3v) is 4.87. The number of carbonyl (C=O) groups is 3. The van der Waals surface area contributed by atoms with Gasteiger partial charge >= 0.3 is 5.97 Å². The van der Waals surface area contributed by atoms with Crippen LogP contribution in [-0.4, -0.2) is 24.4 Å². The molecule has 34 heavy (non-hydrogen) atoms. The van der Waals surface area contributed by atoms with Gasteiger partial charge in [-0.05, 0) is 85.6 Å². The van der Waals surface area contributed by atoms with E-state index in [0.717, 1.165) is 11.1 Å². The summed E-state index contributed by atoms with van der Waals surface area (Å²) in [4.78, 5) is 36.0. The number of anilines is 2. The molecule has 2 N–H and O–H groups in total. The minimum absolute atomic E-state index is 0.0689. The first kappa shape index (κ1) is 24.8. The maximum atomic E-state index is 12.1. The Bertz CT molecular complexity index is 1140. The number of hydrogen-bond donors (Lipinski definition) is 2. The van der Waals surface area contributed by atoms with Crippen molar-refractivity contribution in [2.45, 2.75) is 26.7 Å². The van der Waals surface area contributed by atoms with Crippen molar-refractivity contribution in [1.82, 2.24) is 0 Å². The molecule has 7 nitrogen and oxygen atoms in total. The van der Waals surface area contributed by atoms with Gasteiger partial charge in [0.05, 0.1) is 6.42 Å². The number of benzene rings is 3. The highest BCUT2D eigenvalue weighted by Crippen LogP contribution is 2.24. The first-order chi connectivity index (χ1) is 16.3. The molecule has 0 heterocycles. The van der Waals surface area contributed by atoms with Crippen LogP contribution < -0.4 is 15.4 Å². The molecule has 0 bridgehead atoms. The second kappa shape index (κ2) is 11.9. The topological polar surface area (TPSA) is 93.7 Å². The fraction of sp³-hybridized carbons (Fsp3) is 0.192. The zero-order valence-electron chi connectivity index (χ0n) is 18.9. The number of nitrogens with one attached hydrogen (secondary N) is 2. The standard InChI is InChI=1S/C26H25ClN2O5/c1-17-13-18(2)15-21(14-17)29-25(31)16-33-26(32)12-11-24(30)28-20-5-9-23(10-6-20)34-22-7-3-19(27)4-8-22/h3-10,13-15H,11-12,16H2,1-2H3,(H,28,30)(H,29,31). The van der Waals surface area contributed by atoms with Crippen LogP contribution in [0.1, 0.15) is 24.0 Å². The summed E-state index contributed by atoms with van der Waals surface area (Å²) in [6, 6.07) is 19.4. The summed E-state index contributed by atoms with van der Waals surface area (Å²) < 4.78 is 10.7. The number of ether oxygens (including phenoxy) is 2. The highest BCUT2D eigenvalue weighted by molar-refractivity contribution is 6.30. The number of hydrogen-bond acceptors (Lipinski definition) is 5. The maximum absolute atomic E-state index is 12.1. The zero-order valence-corrected chi connectivity index (χ0v) is 19.6. The van der Waals surface area contributed by atoms with Gasteiger partial charge in [-0.15, -0.1) is 0 Å². The summed E-state index contributed by atoms with van der Waals surface area (Å²) in [5, 5.41) is 6.01. The van der Waals surface area contributed by atoms with E-state index in [9.17, 15) is 14.4 Å². The summed E-state index contributed by atoms with van der Waals surface area (Å²) in [6.45, 7) is 3.44. The van der Waals surface area contributed by atoms with Gasteiger partial charge < -0.3 is 20.1 Å². The molecule has 0 atom stereocenters. The minimum Gasteiger partial charge on any atom is -0.457 e. The molecule has 0 saturated heterocycles. The largest absolute Gasteiger partial charge is 0.457 e. The zero-order chi connectivity index (χ0) is 24.5. The van der Waals surface area contributed by atoms with E-state index in [1.165, 1.54) is 0 Å². The van der Waals surface area contributed by atoms with E-state index in [0.29, 0.717) is 27.9 Å². The summed E-state index contributed by atoms with van der Waals surface area (Å²) in [7, 11) is 0. The third-order valence-electron chi connectivity index (χ3n) is 4.61. The lowest BCUT2D eigenvalue weighted by Crippen LogP contribution is -2.21. The van der Waals surface area contributed by atoms with Crippen molar-refractivity contribution in [3.8, 4) is 11.5 Å². The van der Waals surface area contributed by atoms with Crippen LogP contribution in [0.3, 0.4) is 0 Å². The van der Waals surface area contributed by atoms with Gasteiger partial charge in [0.25, 0.3) is 5.91 Å². The number of carbonyl (C=O) groups excluding carboxylic acids is 3. The smallest absolute Gasteiger partial charge is 0.306 e. The fourth-order valence-corrected chi connectivity index (χ4v) is 3.27. The van der Waals surface area contributed by atoms with Crippen molar-refractivity contribution in [1.29, 1.82) is 0 Å². The Morgan fingerprint density at radius 3 is 1.91 bits per heavy atom. The molecular formula is C26H25ClN2O5. The van der Waals surface area contributed by atoms with Crippen LogP contribution in [0.25, 0.3) is 0 Å². The molecule has 0 saturated carbocycles. The first-order valence-corrected chi connectivity index (χ1v) is 11.0. The molecule has 3 rings (SSSR count). The van der Waals surface area contributed by atoms with Gasteiger partial charge in [0.2, 0.25) is 5.91 Å². The average molecular weight is 481 g/mol. The van der Waals surface area contributed by atoms with Gasteiger partial charge in [0.15, 0.2) is 6.61 Å². The van der Waals surface area contributed by atoms with Crippen molar-refractivity contribution in [3.63, 3.8) is 0 Å². The number of esters is 1. The molecule has 0 spiro atoms. The van der Waals surface area contributed by atoms with Gasteiger partial charge in [-0.2, -0.15) is 0 Å². The Kier molecular flexibility index (Phi) is 8.65. The van der Waals surface area contributed by atoms with Crippen LogP contribution >= 0.6 is 11.6 Å². The van der Waals surface area contributed by atoms with Crippen molar-refractivity contribution in [3.05, 3.63) is 82.9 Å². The fourth-order valence-electron chi connectivity index (χ4n) is 3.15. The Morgan fingerprint density at radius 2 is 1.29 bits per heavy atom. The molecule has 0 fully saturated rings. The number of amides is 2. The molecule has 0 aliphatic heterocycles. The molecule has 3 aromatic carbocycles. The number of halogens is 1. The molecule has 176 valence electrons. The predicted molar refractivity (Wildman–Crippen MR) is 131 cm³/mol. The minimum atomic E-state index is -0.627. The number of rotatable bonds is 9. The predicted octanol–water partition coefficient (Wildman–Crippen LogP) is 5.65. The van der Waals surface area contributed by atoms with Crippen molar-refractivity contribution in [2.75, 3.05) is 17.2 Å². The van der Waals surface area contributed by atoms with Crippen molar-refractivity contribution >= 4 is 40.8 Å². The molecule has 8 heteroatoms. The summed E-state index contributed by atoms with van der Waals surface area (Å²) in [5.74, 6) is -0.172. The Balaban J connectivity index is 1.37. The van der Waals surface area contributed by atoms with E-state index in [4.69, 9.17) is 21.1 Å². The molecule has 0 unspecified atom stereocenters. The van der Waals surface area contributed by atoms with Crippen molar-refractivity contribution in [2.24, 2.45) is 0 Å². The van der Waals surface area contributed by atoms with Gasteiger partial charge in [-0.25, -0.2) is 0 Å². The van der Waals surface area contributed by atoms with Crippen LogP contribution in [-0.2, 0) is 19.1 Å². The monoisotopic (exact) mass is 480 g/mol. The van der Waals surface area contributed by atoms with Crippen LogP contribution in [0.2, 0.25) is 5.02 Å². The van der Waals surface area contributed by atoms with Crippen LogP contribution in [0.15, 0.2) is 66.7 Å². The van der Waals surface area contributed by atoms with E-state index in [2.05, 4.69) is 10.6 Å². The molecule has 0 aliphatic rings. The summed E-state index contributed by atoms with van der Waals surface area (Å²) >= 11 is 5.86. The third kappa shape index (κ3) is 8.26. The maximum Gasteiger partial charge on any atom is 0.306 e. The molecule has 2 amide bonds. The molecular weight excluding hydrogens is 456 g/mol. The summed E-state index contributed by atoms with van der Waals surface area (Å²) in [5.41, 5.74) is 3.24. The van der Waals surface area contributed by atoms with E-state index in [1.54, 1.807) is 48.5 Å². The van der Waals surface area contributed by atoms with Gasteiger partial charge in [0, 0.05) is 22.8 Å². The lowest BCUT2D eigenvalue weighted by atomic mass is 10.1. The number of aryl methyl sites for hydroxylation is 2. The lowest BCUT2D eigenvalue weighted by Gasteiger charge is -2.09. The van der Waals surface area contributed by atoms with Gasteiger partial charge in [-0.1, -0.05) is 17.7 Å². The Hall–Kier alpha value is -3.84. The molecule has 0 radical (unpaired) electrons. The molecule has 0 aliphatic carbocycles. The quantitative estimate of drug-likeness (QED) is 0.386. The second-order valence-electron chi connectivity index (χ2n) is 7.71. The highest BCUT2D eigenvalue weighted by Gasteiger charge is 2.11. The van der Waals surface area contributed by atoms with E-state index in [1.807, 2.05) is 32.0 Å². The van der Waals surface area contributed by atoms with Crippen LogP contribution in [0.4, 0.5) is 11.4 Å². The van der Waals surface area contributed by atoms with E-state index < -0.39 is 18.5 Å². The van der Waals surface area contributed by atoms with Crippen molar-refractivity contribution < 1.29 is 23.9 Å². The van der Waals surface area contributed by atoms with Crippen LogP contribution in [0, 0.1) is 13.8 Å². The Labute approximate surface area is 203 Å². The average Bonchev–Trinajstić information content (AvgIpc) is 2.78. The first-order valence-electron chi connectivity index (χ1n) is 10.6. The lowest BCUT2D eigenvalue weighted by molar-refractivity contribution is -0.147. The normalized spacial score (nSPS) is 10.3. The highest BCUT2D eigenvalue weighted by atomic mass is 35.5.